The van der Waals surface area contributed by atoms with E-state index in [4.69, 9.17) is 0 Å². The van der Waals surface area contributed by atoms with Crippen LogP contribution in [0.3, 0.4) is 0 Å². The van der Waals surface area contributed by atoms with E-state index in [1.807, 2.05) is 0 Å². The highest BCUT2D eigenvalue weighted by Crippen LogP contribution is 2.37. The molecule has 0 radical (unpaired) electrons. The van der Waals surface area contributed by atoms with E-state index in [0.717, 1.165) is 0 Å². The fourth-order valence-electron chi connectivity index (χ4n) is 4.06. The smallest absolute Gasteiger partial charge is 0.00501 e. The summed E-state index contributed by atoms with van der Waals surface area (Å²) >= 11 is 0. The molecule has 1 saturated carbocycles. The number of rotatable bonds is 5. The Morgan fingerprint density at radius 1 is 0.850 bits per heavy atom. The van der Waals surface area contributed by atoms with Gasteiger partial charge in [0.1, 0.15) is 0 Å². The molecule has 1 aliphatic heterocycles. The first-order valence-electron chi connectivity index (χ1n) is 9.16. The minimum absolute atomic E-state index is 0.571. The predicted octanol–water partition coefficient (Wildman–Crippen LogP) is 4.20. The third-order valence-electron chi connectivity index (χ3n) is 5.31. The summed E-state index contributed by atoms with van der Waals surface area (Å²) in [4.78, 5) is 2.80. The monoisotopic (exact) mass is 280 g/mol. The Bertz CT molecular complexity index is 248. The Hall–Kier alpha value is -0.0800. The molecular formula is C18H36N2. The second kappa shape index (κ2) is 8.38. The van der Waals surface area contributed by atoms with Crippen molar-refractivity contribution in [1.82, 2.24) is 10.2 Å². The van der Waals surface area contributed by atoms with Crippen LogP contribution in [0.2, 0.25) is 0 Å². The van der Waals surface area contributed by atoms with E-state index in [1.165, 1.54) is 90.4 Å². The summed E-state index contributed by atoms with van der Waals surface area (Å²) in [6, 6.07) is 0.626. The van der Waals surface area contributed by atoms with E-state index in [-0.39, 0.29) is 0 Å². The summed E-state index contributed by atoms with van der Waals surface area (Å²) in [6.45, 7) is 9.86. The summed E-state index contributed by atoms with van der Waals surface area (Å²) in [7, 11) is 0. The minimum atomic E-state index is 0.571. The van der Waals surface area contributed by atoms with Crippen LogP contribution in [0.15, 0.2) is 0 Å². The SMILES string of the molecule is CC(C)NCC1(CN2CCCCCCC2)CCCCC1. The van der Waals surface area contributed by atoms with Crippen LogP contribution in [-0.2, 0) is 0 Å². The predicted molar refractivity (Wildman–Crippen MR) is 88.2 cm³/mol. The summed E-state index contributed by atoms with van der Waals surface area (Å²) in [5.74, 6) is 0. The lowest BCUT2D eigenvalue weighted by atomic mass is 9.73. The molecule has 0 aromatic rings. The van der Waals surface area contributed by atoms with Gasteiger partial charge in [-0.2, -0.15) is 0 Å². The maximum atomic E-state index is 3.75. The molecule has 0 atom stereocenters. The number of nitrogens with zero attached hydrogens (tertiary/aromatic N) is 1. The normalized spacial score (nSPS) is 25.4. The number of likely N-dealkylation sites (tertiary alicyclic amines) is 1. The fourth-order valence-corrected chi connectivity index (χ4v) is 4.06. The average Bonchev–Trinajstić information content (AvgIpc) is 2.41. The lowest BCUT2D eigenvalue weighted by Gasteiger charge is -2.42. The van der Waals surface area contributed by atoms with E-state index in [1.54, 1.807) is 0 Å². The molecule has 2 rings (SSSR count). The van der Waals surface area contributed by atoms with Gasteiger partial charge < -0.3 is 10.2 Å². The maximum Gasteiger partial charge on any atom is 0.00501 e. The second-order valence-corrected chi connectivity index (χ2v) is 7.64. The van der Waals surface area contributed by atoms with Crippen LogP contribution in [0.5, 0.6) is 0 Å². The largest absolute Gasteiger partial charge is 0.314 e. The van der Waals surface area contributed by atoms with E-state index in [0.29, 0.717) is 11.5 Å². The first-order chi connectivity index (χ1) is 9.70. The average molecular weight is 280 g/mol. The summed E-state index contributed by atoms with van der Waals surface area (Å²) in [5, 5.41) is 3.75. The van der Waals surface area contributed by atoms with Gasteiger partial charge in [0.25, 0.3) is 0 Å². The fraction of sp³-hybridized carbons (Fsp3) is 1.00. The Kier molecular flexibility index (Phi) is 6.83. The molecule has 0 unspecified atom stereocenters. The van der Waals surface area contributed by atoms with Crippen LogP contribution in [-0.4, -0.2) is 37.1 Å². The summed E-state index contributed by atoms with van der Waals surface area (Å²) in [6.07, 6.45) is 14.5. The van der Waals surface area contributed by atoms with Crippen molar-refractivity contribution in [1.29, 1.82) is 0 Å². The van der Waals surface area contributed by atoms with Crippen LogP contribution >= 0.6 is 0 Å². The van der Waals surface area contributed by atoms with Crippen molar-refractivity contribution in [3.63, 3.8) is 0 Å². The molecule has 0 aromatic carbocycles. The molecule has 118 valence electrons. The van der Waals surface area contributed by atoms with Gasteiger partial charge in [0.15, 0.2) is 0 Å². The Morgan fingerprint density at radius 3 is 2.00 bits per heavy atom. The van der Waals surface area contributed by atoms with Gasteiger partial charge >= 0.3 is 0 Å². The van der Waals surface area contributed by atoms with Crippen molar-refractivity contribution in [2.45, 2.75) is 84.1 Å². The molecule has 2 aliphatic rings. The van der Waals surface area contributed by atoms with Crippen molar-refractivity contribution in [3.05, 3.63) is 0 Å². The van der Waals surface area contributed by atoms with E-state index < -0.39 is 0 Å². The van der Waals surface area contributed by atoms with E-state index in [9.17, 15) is 0 Å². The Labute approximate surface area is 126 Å². The third-order valence-corrected chi connectivity index (χ3v) is 5.31. The highest BCUT2D eigenvalue weighted by atomic mass is 15.1. The molecule has 0 aromatic heterocycles. The van der Waals surface area contributed by atoms with Gasteiger partial charge in [0, 0.05) is 19.1 Å². The van der Waals surface area contributed by atoms with Gasteiger partial charge in [-0.3, -0.25) is 0 Å². The van der Waals surface area contributed by atoms with Crippen LogP contribution in [0, 0.1) is 5.41 Å². The van der Waals surface area contributed by atoms with Crippen molar-refractivity contribution in [3.8, 4) is 0 Å². The van der Waals surface area contributed by atoms with Crippen molar-refractivity contribution < 1.29 is 0 Å². The zero-order valence-corrected chi connectivity index (χ0v) is 13.9. The quantitative estimate of drug-likeness (QED) is 0.812. The van der Waals surface area contributed by atoms with Gasteiger partial charge in [0.05, 0.1) is 0 Å². The molecule has 0 bridgehead atoms. The molecule has 2 fully saturated rings. The highest BCUT2D eigenvalue weighted by molar-refractivity contribution is 4.88. The molecule has 0 amide bonds. The lowest BCUT2D eigenvalue weighted by Crippen LogP contribution is -2.47. The molecule has 2 heteroatoms. The van der Waals surface area contributed by atoms with Crippen LogP contribution in [0.1, 0.15) is 78.1 Å². The van der Waals surface area contributed by atoms with Crippen LogP contribution in [0.25, 0.3) is 0 Å². The standard InChI is InChI=1S/C18H36N2/c1-17(2)19-15-18(11-7-6-8-12-18)16-20-13-9-4-3-5-10-14-20/h17,19H,3-16H2,1-2H3. The highest BCUT2D eigenvalue weighted by Gasteiger charge is 2.33. The second-order valence-electron chi connectivity index (χ2n) is 7.64. The summed E-state index contributed by atoms with van der Waals surface area (Å²) < 4.78 is 0. The van der Waals surface area contributed by atoms with Crippen molar-refractivity contribution >= 4 is 0 Å². The van der Waals surface area contributed by atoms with E-state index >= 15 is 0 Å². The van der Waals surface area contributed by atoms with Gasteiger partial charge in [-0.25, -0.2) is 0 Å². The first-order valence-corrected chi connectivity index (χ1v) is 9.16. The molecule has 1 saturated heterocycles. The molecule has 2 nitrogen and oxygen atoms in total. The zero-order valence-electron chi connectivity index (χ0n) is 13.9. The number of hydrogen-bond donors (Lipinski definition) is 1. The van der Waals surface area contributed by atoms with Crippen molar-refractivity contribution in [2.75, 3.05) is 26.2 Å². The lowest BCUT2D eigenvalue weighted by molar-refractivity contribution is 0.0945. The molecule has 1 aliphatic carbocycles. The summed E-state index contributed by atoms with van der Waals surface area (Å²) in [5.41, 5.74) is 0.571. The molecule has 20 heavy (non-hydrogen) atoms. The van der Waals surface area contributed by atoms with Crippen LogP contribution < -0.4 is 5.32 Å². The maximum absolute atomic E-state index is 3.75. The zero-order chi connectivity index (χ0) is 14.3. The first kappa shape index (κ1) is 16.3. The van der Waals surface area contributed by atoms with Gasteiger partial charge in [-0.1, -0.05) is 52.4 Å². The third kappa shape index (κ3) is 5.37. The molecule has 1 N–H and O–H groups in total. The molecular weight excluding hydrogens is 244 g/mol. The Balaban J connectivity index is 1.90. The van der Waals surface area contributed by atoms with Crippen molar-refractivity contribution in [2.24, 2.45) is 5.41 Å². The number of hydrogen-bond acceptors (Lipinski definition) is 2. The van der Waals surface area contributed by atoms with Gasteiger partial charge in [0.2, 0.25) is 0 Å². The Morgan fingerprint density at radius 2 is 1.40 bits per heavy atom. The minimum Gasteiger partial charge on any atom is -0.314 e. The topological polar surface area (TPSA) is 15.3 Å². The molecule has 0 spiro atoms. The molecule has 1 heterocycles. The van der Waals surface area contributed by atoms with Gasteiger partial charge in [-0.15, -0.1) is 0 Å². The van der Waals surface area contributed by atoms with E-state index in [2.05, 4.69) is 24.1 Å². The number of nitrogens with one attached hydrogen (secondary N) is 1. The van der Waals surface area contributed by atoms with Gasteiger partial charge in [-0.05, 0) is 44.2 Å². The van der Waals surface area contributed by atoms with Crippen LogP contribution in [0.4, 0.5) is 0 Å².